The monoisotopic (exact) mass is 302 g/mol. The summed E-state index contributed by atoms with van der Waals surface area (Å²) in [4.78, 5) is 16.7. The lowest BCUT2D eigenvalue weighted by molar-refractivity contribution is -0.135. The SMILES string of the molecule is Cc1ccc(CN(C)C(=O)C2CCCC(N)C2)s1.Cl. The Balaban J connectivity index is 0.00000180. The van der Waals surface area contributed by atoms with Crippen molar-refractivity contribution in [3.63, 3.8) is 0 Å². The molecule has 2 unspecified atom stereocenters. The van der Waals surface area contributed by atoms with E-state index in [1.54, 1.807) is 11.3 Å². The first-order chi connectivity index (χ1) is 8.56. The smallest absolute Gasteiger partial charge is 0.225 e. The first-order valence-electron chi connectivity index (χ1n) is 6.62. The van der Waals surface area contributed by atoms with Crippen molar-refractivity contribution in [1.82, 2.24) is 4.90 Å². The normalized spacial score (nSPS) is 22.7. The summed E-state index contributed by atoms with van der Waals surface area (Å²) in [6.07, 6.45) is 4.01. The third kappa shape index (κ3) is 4.48. The van der Waals surface area contributed by atoms with Crippen molar-refractivity contribution in [3.8, 4) is 0 Å². The van der Waals surface area contributed by atoms with Crippen LogP contribution >= 0.6 is 23.7 Å². The van der Waals surface area contributed by atoms with Crippen LogP contribution in [0.1, 0.15) is 35.4 Å². The minimum absolute atomic E-state index is 0. The van der Waals surface area contributed by atoms with Crippen LogP contribution in [0.15, 0.2) is 12.1 Å². The molecule has 1 fully saturated rings. The standard InChI is InChI=1S/C14H22N2OS.ClH/c1-10-6-7-13(18-10)9-16(2)14(17)11-4-3-5-12(15)8-11;/h6-7,11-12H,3-5,8-9,15H2,1-2H3;1H. The molecule has 0 radical (unpaired) electrons. The average molecular weight is 303 g/mol. The maximum Gasteiger partial charge on any atom is 0.225 e. The van der Waals surface area contributed by atoms with Gasteiger partial charge in [-0.25, -0.2) is 0 Å². The van der Waals surface area contributed by atoms with Crippen molar-refractivity contribution in [2.24, 2.45) is 11.7 Å². The number of rotatable bonds is 3. The topological polar surface area (TPSA) is 46.3 Å². The third-order valence-electron chi connectivity index (χ3n) is 3.63. The van der Waals surface area contributed by atoms with Crippen molar-refractivity contribution < 1.29 is 4.79 Å². The Hall–Kier alpha value is -0.580. The molecule has 1 amide bonds. The number of hydrogen-bond donors (Lipinski definition) is 1. The lowest BCUT2D eigenvalue weighted by Crippen LogP contribution is -2.38. The van der Waals surface area contributed by atoms with E-state index in [2.05, 4.69) is 19.1 Å². The molecule has 1 heterocycles. The molecule has 0 spiro atoms. The number of thiophene rings is 1. The molecule has 5 heteroatoms. The molecule has 2 rings (SSSR count). The lowest BCUT2D eigenvalue weighted by Gasteiger charge is -2.29. The molecule has 0 bridgehead atoms. The maximum absolute atomic E-state index is 12.3. The molecular weight excluding hydrogens is 280 g/mol. The van der Waals surface area contributed by atoms with Gasteiger partial charge in [0.1, 0.15) is 0 Å². The summed E-state index contributed by atoms with van der Waals surface area (Å²) in [6, 6.07) is 4.43. The summed E-state index contributed by atoms with van der Waals surface area (Å²) in [5, 5.41) is 0. The maximum atomic E-state index is 12.3. The molecule has 3 nitrogen and oxygen atoms in total. The summed E-state index contributed by atoms with van der Waals surface area (Å²) < 4.78 is 0. The van der Waals surface area contributed by atoms with E-state index in [1.807, 2.05) is 11.9 Å². The number of nitrogens with two attached hydrogens (primary N) is 1. The number of carbonyl (C=O) groups excluding carboxylic acids is 1. The highest BCUT2D eigenvalue weighted by Crippen LogP contribution is 2.25. The zero-order valence-electron chi connectivity index (χ0n) is 11.6. The van der Waals surface area contributed by atoms with Crippen LogP contribution in [-0.2, 0) is 11.3 Å². The molecule has 1 aliphatic carbocycles. The van der Waals surface area contributed by atoms with Crippen LogP contribution < -0.4 is 5.73 Å². The highest BCUT2D eigenvalue weighted by molar-refractivity contribution is 7.11. The minimum atomic E-state index is 0. The van der Waals surface area contributed by atoms with Gasteiger partial charge in [0.05, 0.1) is 6.54 Å². The van der Waals surface area contributed by atoms with E-state index in [0.717, 1.165) is 32.2 Å². The van der Waals surface area contributed by atoms with Gasteiger partial charge in [-0.3, -0.25) is 4.79 Å². The Kier molecular flexibility index (Phi) is 6.30. The summed E-state index contributed by atoms with van der Waals surface area (Å²) in [7, 11) is 1.90. The molecule has 1 aromatic rings. The Morgan fingerprint density at radius 1 is 1.47 bits per heavy atom. The number of carbonyl (C=O) groups is 1. The summed E-state index contributed by atoms with van der Waals surface area (Å²) in [5.74, 6) is 0.399. The fourth-order valence-electron chi connectivity index (χ4n) is 2.65. The van der Waals surface area contributed by atoms with Crippen molar-refractivity contribution in [2.75, 3.05) is 7.05 Å². The molecule has 0 aromatic carbocycles. The van der Waals surface area contributed by atoms with Crippen LogP contribution in [0.5, 0.6) is 0 Å². The number of hydrogen-bond acceptors (Lipinski definition) is 3. The molecule has 0 aliphatic heterocycles. The summed E-state index contributed by atoms with van der Waals surface area (Å²) in [6.45, 7) is 2.82. The van der Waals surface area contributed by atoms with E-state index in [4.69, 9.17) is 5.73 Å². The van der Waals surface area contributed by atoms with Gasteiger partial charge >= 0.3 is 0 Å². The first kappa shape index (κ1) is 16.5. The van der Waals surface area contributed by atoms with E-state index in [9.17, 15) is 4.79 Å². The van der Waals surface area contributed by atoms with Crippen molar-refractivity contribution in [2.45, 2.75) is 45.2 Å². The van der Waals surface area contributed by atoms with Crippen LogP contribution in [-0.4, -0.2) is 23.9 Å². The van der Waals surface area contributed by atoms with Gasteiger partial charge in [-0.1, -0.05) is 6.42 Å². The Labute approximate surface area is 125 Å². The third-order valence-corrected chi connectivity index (χ3v) is 4.61. The second-order valence-corrected chi connectivity index (χ2v) is 6.70. The van der Waals surface area contributed by atoms with Crippen molar-refractivity contribution in [1.29, 1.82) is 0 Å². The number of amides is 1. The van der Waals surface area contributed by atoms with E-state index in [1.165, 1.54) is 9.75 Å². The van der Waals surface area contributed by atoms with Crippen LogP contribution in [0, 0.1) is 12.8 Å². The van der Waals surface area contributed by atoms with Crippen molar-refractivity contribution >= 4 is 29.7 Å². The summed E-state index contributed by atoms with van der Waals surface area (Å²) in [5.41, 5.74) is 5.95. The predicted octanol–water partition coefficient (Wildman–Crippen LogP) is 2.95. The van der Waals surface area contributed by atoms with Crippen LogP contribution in [0.3, 0.4) is 0 Å². The molecule has 1 aliphatic rings. The molecule has 108 valence electrons. The van der Waals surface area contributed by atoms with Gasteiger partial charge in [0.15, 0.2) is 0 Å². The fraction of sp³-hybridized carbons (Fsp3) is 0.643. The van der Waals surface area contributed by atoms with Crippen LogP contribution in [0.4, 0.5) is 0 Å². The first-order valence-corrected chi connectivity index (χ1v) is 7.44. The number of aryl methyl sites for hydroxylation is 1. The minimum Gasteiger partial charge on any atom is -0.340 e. The lowest BCUT2D eigenvalue weighted by atomic mass is 9.85. The van der Waals surface area contributed by atoms with Gasteiger partial charge in [-0.05, 0) is 38.3 Å². The van der Waals surface area contributed by atoms with E-state index in [-0.39, 0.29) is 30.3 Å². The highest BCUT2D eigenvalue weighted by Gasteiger charge is 2.27. The zero-order chi connectivity index (χ0) is 13.1. The Morgan fingerprint density at radius 2 is 2.21 bits per heavy atom. The van der Waals surface area contributed by atoms with Crippen LogP contribution in [0.25, 0.3) is 0 Å². The molecule has 0 saturated heterocycles. The second kappa shape index (κ2) is 7.27. The largest absolute Gasteiger partial charge is 0.340 e. The van der Waals surface area contributed by atoms with Crippen molar-refractivity contribution in [3.05, 3.63) is 21.9 Å². The van der Waals surface area contributed by atoms with Gasteiger partial charge in [-0.2, -0.15) is 0 Å². The number of halogens is 1. The Morgan fingerprint density at radius 3 is 2.79 bits per heavy atom. The fourth-order valence-corrected chi connectivity index (χ4v) is 3.59. The quantitative estimate of drug-likeness (QED) is 0.933. The molecule has 2 atom stereocenters. The molecule has 1 aromatic heterocycles. The van der Waals surface area contributed by atoms with Crippen LogP contribution in [0.2, 0.25) is 0 Å². The second-order valence-electron chi connectivity index (χ2n) is 5.33. The predicted molar refractivity (Wildman–Crippen MR) is 82.7 cm³/mol. The summed E-state index contributed by atoms with van der Waals surface area (Å²) >= 11 is 1.76. The van der Waals surface area contributed by atoms with Gasteiger partial charge in [0, 0.05) is 28.8 Å². The molecular formula is C14H23ClN2OS. The van der Waals surface area contributed by atoms with Gasteiger partial charge in [0.2, 0.25) is 5.91 Å². The van der Waals surface area contributed by atoms with Gasteiger partial charge in [-0.15, -0.1) is 23.7 Å². The van der Waals surface area contributed by atoms with Gasteiger partial charge < -0.3 is 10.6 Å². The Bertz CT molecular complexity index is 421. The average Bonchev–Trinajstić information content (AvgIpc) is 2.73. The molecule has 1 saturated carbocycles. The highest BCUT2D eigenvalue weighted by atomic mass is 35.5. The molecule has 2 N–H and O–H groups in total. The van der Waals surface area contributed by atoms with E-state index >= 15 is 0 Å². The number of nitrogens with zero attached hydrogens (tertiary/aromatic N) is 1. The van der Waals surface area contributed by atoms with Gasteiger partial charge in [0.25, 0.3) is 0 Å². The van der Waals surface area contributed by atoms with E-state index < -0.39 is 0 Å². The zero-order valence-corrected chi connectivity index (χ0v) is 13.2. The molecule has 19 heavy (non-hydrogen) atoms. The van der Waals surface area contributed by atoms with E-state index in [0.29, 0.717) is 0 Å².